The Bertz CT molecular complexity index is 265. The van der Waals surface area contributed by atoms with E-state index in [1.807, 2.05) is 6.92 Å². The Kier molecular flexibility index (Phi) is 3.50. The van der Waals surface area contributed by atoms with Crippen molar-refractivity contribution in [3.05, 3.63) is 24.3 Å². The molecule has 1 unspecified atom stereocenters. The number of allylic oxidation sites excluding steroid dienone is 1. The van der Waals surface area contributed by atoms with Crippen LogP contribution in [-0.4, -0.2) is 12.1 Å². The number of hydrogen-bond donors (Lipinski definition) is 0. The number of esters is 1. The van der Waals surface area contributed by atoms with Gasteiger partial charge in [-0.15, -0.1) is 0 Å². The van der Waals surface area contributed by atoms with Crippen LogP contribution in [0.3, 0.4) is 0 Å². The van der Waals surface area contributed by atoms with Crippen molar-refractivity contribution in [1.82, 2.24) is 0 Å². The van der Waals surface area contributed by atoms with E-state index in [-0.39, 0.29) is 12.1 Å². The van der Waals surface area contributed by atoms with Crippen LogP contribution in [0.2, 0.25) is 0 Å². The second-order valence-electron chi connectivity index (χ2n) is 4.07. The molecule has 0 N–H and O–H groups in total. The predicted molar refractivity (Wildman–Crippen MR) is 56.8 cm³/mol. The van der Waals surface area contributed by atoms with Crippen LogP contribution in [0.15, 0.2) is 24.3 Å². The molecule has 0 bridgehead atoms. The molecule has 0 aromatic carbocycles. The van der Waals surface area contributed by atoms with Crippen LogP contribution < -0.4 is 0 Å². The maximum atomic E-state index is 10.8. The van der Waals surface area contributed by atoms with Crippen molar-refractivity contribution in [2.75, 3.05) is 0 Å². The van der Waals surface area contributed by atoms with Gasteiger partial charge in [0.05, 0.1) is 0 Å². The van der Waals surface area contributed by atoms with Gasteiger partial charge in [-0.1, -0.05) is 18.7 Å². The largest absolute Gasteiger partial charge is 0.458 e. The summed E-state index contributed by atoms with van der Waals surface area (Å²) in [5, 5.41) is 0. The van der Waals surface area contributed by atoms with Gasteiger partial charge in [0.15, 0.2) is 0 Å². The third kappa shape index (κ3) is 2.72. The fourth-order valence-corrected chi connectivity index (χ4v) is 1.84. The monoisotopic (exact) mass is 194 g/mol. The lowest BCUT2D eigenvalue weighted by Crippen LogP contribution is -2.27. The molecular weight excluding hydrogens is 176 g/mol. The van der Waals surface area contributed by atoms with Gasteiger partial charge in [-0.2, -0.15) is 0 Å². The molecule has 78 valence electrons. The summed E-state index contributed by atoms with van der Waals surface area (Å²) < 4.78 is 5.20. The fraction of sp³-hybridized carbons (Fsp3) is 0.583. The van der Waals surface area contributed by atoms with Gasteiger partial charge in [0.2, 0.25) is 0 Å². The molecule has 0 amide bonds. The van der Waals surface area contributed by atoms with E-state index < -0.39 is 0 Å². The van der Waals surface area contributed by atoms with Crippen LogP contribution in [-0.2, 0) is 9.53 Å². The second kappa shape index (κ2) is 4.45. The maximum absolute atomic E-state index is 10.8. The molecule has 0 spiro atoms. The van der Waals surface area contributed by atoms with E-state index in [0.29, 0.717) is 5.92 Å². The molecule has 14 heavy (non-hydrogen) atoms. The lowest BCUT2D eigenvalue weighted by atomic mass is 9.81. The Morgan fingerprint density at radius 2 is 2.14 bits per heavy atom. The van der Waals surface area contributed by atoms with Crippen molar-refractivity contribution in [3.63, 3.8) is 0 Å². The van der Waals surface area contributed by atoms with Gasteiger partial charge in [-0.3, -0.25) is 4.79 Å². The summed E-state index contributed by atoms with van der Waals surface area (Å²) in [5.74, 6) is 0.253. The van der Waals surface area contributed by atoms with Crippen molar-refractivity contribution >= 4 is 5.97 Å². The zero-order chi connectivity index (χ0) is 10.7. The summed E-state index contributed by atoms with van der Waals surface area (Å²) in [6.07, 6.45) is 2.79. The molecule has 0 aliphatic heterocycles. The molecule has 0 heterocycles. The van der Waals surface area contributed by atoms with E-state index in [1.54, 1.807) is 0 Å². The van der Waals surface area contributed by atoms with Gasteiger partial charge >= 0.3 is 5.97 Å². The number of hydrogen-bond acceptors (Lipinski definition) is 2. The molecule has 2 nitrogen and oxygen atoms in total. The SMILES string of the molecule is C=C(C)C1CCC(=C)[C@@H](OC(C)=O)C1. The number of carbonyl (C=O) groups is 1. The fourth-order valence-electron chi connectivity index (χ4n) is 1.84. The first-order valence-corrected chi connectivity index (χ1v) is 5.01. The molecule has 0 saturated heterocycles. The zero-order valence-electron chi connectivity index (χ0n) is 9.01. The normalized spacial score (nSPS) is 27.1. The highest BCUT2D eigenvalue weighted by atomic mass is 16.5. The summed E-state index contributed by atoms with van der Waals surface area (Å²) in [4.78, 5) is 10.8. The van der Waals surface area contributed by atoms with Crippen molar-refractivity contribution in [2.24, 2.45) is 5.92 Å². The topological polar surface area (TPSA) is 26.3 Å². The quantitative estimate of drug-likeness (QED) is 0.499. The summed E-state index contributed by atoms with van der Waals surface area (Å²) in [7, 11) is 0. The summed E-state index contributed by atoms with van der Waals surface area (Å²) >= 11 is 0. The molecule has 2 atom stereocenters. The van der Waals surface area contributed by atoms with Crippen LogP contribution in [0.5, 0.6) is 0 Å². The van der Waals surface area contributed by atoms with Crippen LogP contribution in [0.25, 0.3) is 0 Å². The molecule has 0 aromatic rings. The summed E-state index contributed by atoms with van der Waals surface area (Å²) in [6, 6.07) is 0. The lowest BCUT2D eigenvalue weighted by Gasteiger charge is -2.30. The molecule has 0 radical (unpaired) electrons. The van der Waals surface area contributed by atoms with Crippen LogP contribution in [0.1, 0.15) is 33.1 Å². The summed E-state index contributed by atoms with van der Waals surface area (Å²) in [5.41, 5.74) is 2.22. The Hall–Kier alpha value is -1.05. The van der Waals surface area contributed by atoms with Crippen LogP contribution in [0.4, 0.5) is 0 Å². The molecule has 1 fully saturated rings. The van der Waals surface area contributed by atoms with Crippen molar-refractivity contribution in [1.29, 1.82) is 0 Å². The highest BCUT2D eigenvalue weighted by molar-refractivity contribution is 5.66. The predicted octanol–water partition coefficient (Wildman–Crippen LogP) is 2.85. The molecular formula is C12H18O2. The minimum atomic E-state index is -0.224. The first-order chi connectivity index (χ1) is 6.50. The van der Waals surface area contributed by atoms with Gasteiger partial charge in [0.1, 0.15) is 6.10 Å². The zero-order valence-corrected chi connectivity index (χ0v) is 9.01. The smallest absolute Gasteiger partial charge is 0.303 e. The van der Waals surface area contributed by atoms with Crippen molar-refractivity contribution in [2.45, 2.75) is 39.2 Å². The number of carbonyl (C=O) groups excluding carboxylic acids is 1. The molecule has 1 aliphatic rings. The van der Waals surface area contributed by atoms with Gasteiger partial charge in [0.25, 0.3) is 0 Å². The Morgan fingerprint density at radius 1 is 1.50 bits per heavy atom. The second-order valence-corrected chi connectivity index (χ2v) is 4.07. The average molecular weight is 194 g/mol. The van der Waals surface area contributed by atoms with Crippen molar-refractivity contribution < 1.29 is 9.53 Å². The molecule has 2 heteroatoms. The Morgan fingerprint density at radius 3 is 2.64 bits per heavy atom. The number of ether oxygens (including phenoxy) is 1. The van der Waals surface area contributed by atoms with E-state index in [2.05, 4.69) is 13.2 Å². The van der Waals surface area contributed by atoms with E-state index >= 15 is 0 Å². The minimum absolute atomic E-state index is 0.0945. The van der Waals surface area contributed by atoms with Gasteiger partial charge < -0.3 is 4.74 Å². The van der Waals surface area contributed by atoms with Crippen LogP contribution >= 0.6 is 0 Å². The van der Waals surface area contributed by atoms with Gasteiger partial charge in [0, 0.05) is 6.92 Å². The number of rotatable bonds is 2. The van der Waals surface area contributed by atoms with Crippen molar-refractivity contribution in [3.8, 4) is 0 Å². The maximum Gasteiger partial charge on any atom is 0.303 e. The minimum Gasteiger partial charge on any atom is -0.458 e. The van der Waals surface area contributed by atoms with E-state index in [9.17, 15) is 4.79 Å². The third-order valence-electron chi connectivity index (χ3n) is 2.77. The first kappa shape index (κ1) is 11.0. The lowest BCUT2D eigenvalue weighted by molar-refractivity contribution is -0.145. The molecule has 0 aromatic heterocycles. The molecule has 1 saturated carbocycles. The Balaban J connectivity index is 2.59. The summed E-state index contributed by atoms with van der Waals surface area (Å²) in [6.45, 7) is 11.4. The first-order valence-electron chi connectivity index (χ1n) is 5.01. The average Bonchev–Trinajstić information content (AvgIpc) is 2.07. The standard InChI is InChI=1S/C12H18O2/c1-8(2)11-6-5-9(3)12(7-11)14-10(4)13/h11-12H,1,3,5-7H2,2,4H3/t11?,12-/m0/s1. The highest BCUT2D eigenvalue weighted by Gasteiger charge is 2.26. The Labute approximate surface area is 85.6 Å². The van der Waals surface area contributed by atoms with Gasteiger partial charge in [-0.25, -0.2) is 0 Å². The van der Waals surface area contributed by atoms with E-state index in [1.165, 1.54) is 12.5 Å². The third-order valence-corrected chi connectivity index (χ3v) is 2.77. The highest BCUT2D eigenvalue weighted by Crippen LogP contribution is 2.33. The molecule has 1 aliphatic carbocycles. The van der Waals surface area contributed by atoms with Crippen LogP contribution in [0, 0.1) is 5.92 Å². The van der Waals surface area contributed by atoms with E-state index in [4.69, 9.17) is 4.74 Å². The van der Waals surface area contributed by atoms with Gasteiger partial charge in [-0.05, 0) is 37.7 Å². The van der Waals surface area contributed by atoms with E-state index in [0.717, 1.165) is 24.8 Å². The molecule has 1 rings (SSSR count).